The quantitative estimate of drug-likeness (QED) is 0.463. The molecule has 1 aliphatic rings. The molecule has 0 amide bonds. The molecule has 1 aliphatic carbocycles. The van der Waals surface area contributed by atoms with Gasteiger partial charge in [0.1, 0.15) is 16.8 Å². The summed E-state index contributed by atoms with van der Waals surface area (Å²) in [6.45, 7) is 8.82. The van der Waals surface area contributed by atoms with E-state index in [0.717, 1.165) is 40.5 Å². The standard InChI is InChI=1S/C27H30N4OS/c1-17(2)32-25-12-9-19(13-20(25)14-28)27-30-16-26(33-27)23-8-6-7-22-21(23)10-11-24(22)29-15-18(3)31(4)5/h6-9,12-13,16-17,24,29H,3,10-11,15H2,1-2,4-5H3/t24-/m0/s1. The van der Waals surface area contributed by atoms with Gasteiger partial charge in [0, 0.05) is 44.1 Å². The number of likely N-dealkylation sites (N-methyl/N-ethyl adjacent to an activating group) is 1. The minimum atomic E-state index is 0.0221. The molecule has 0 aliphatic heterocycles. The van der Waals surface area contributed by atoms with Gasteiger partial charge in [-0.3, -0.25) is 0 Å². The molecule has 1 aromatic heterocycles. The predicted octanol–water partition coefficient (Wildman–Crippen LogP) is 5.79. The average Bonchev–Trinajstić information content (AvgIpc) is 3.44. The summed E-state index contributed by atoms with van der Waals surface area (Å²) in [4.78, 5) is 7.89. The smallest absolute Gasteiger partial charge is 0.137 e. The highest BCUT2D eigenvalue weighted by atomic mass is 32.1. The number of fused-ring (bicyclic) bond motifs is 1. The number of hydrogen-bond donors (Lipinski definition) is 1. The zero-order valence-electron chi connectivity index (χ0n) is 19.7. The second-order valence-electron chi connectivity index (χ2n) is 8.83. The maximum Gasteiger partial charge on any atom is 0.137 e. The van der Waals surface area contributed by atoms with Crippen LogP contribution in [0.3, 0.4) is 0 Å². The van der Waals surface area contributed by atoms with Crippen molar-refractivity contribution < 1.29 is 4.74 Å². The monoisotopic (exact) mass is 458 g/mol. The molecule has 0 unspecified atom stereocenters. The third-order valence-electron chi connectivity index (χ3n) is 5.94. The van der Waals surface area contributed by atoms with Crippen molar-refractivity contribution in [1.82, 2.24) is 15.2 Å². The zero-order valence-corrected chi connectivity index (χ0v) is 20.5. The summed E-state index contributed by atoms with van der Waals surface area (Å²) in [5, 5.41) is 14.1. The summed E-state index contributed by atoms with van der Waals surface area (Å²) in [6, 6.07) is 14.9. The number of thiazole rings is 1. The van der Waals surface area contributed by atoms with E-state index in [0.29, 0.717) is 17.4 Å². The van der Waals surface area contributed by atoms with Crippen LogP contribution in [0.5, 0.6) is 5.75 Å². The van der Waals surface area contributed by atoms with Gasteiger partial charge in [-0.2, -0.15) is 5.26 Å². The van der Waals surface area contributed by atoms with Crippen molar-refractivity contribution in [3.05, 3.63) is 71.6 Å². The van der Waals surface area contributed by atoms with Crippen LogP contribution in [0.4, 0.5) is 0 Å². The fraction of sp³-hybridized carbons (Fsp3) is 0.333. The summed E-state index contributed by atoms with van der Waals surface area (Å²) in [6.07, 6.45) is 4.11. The lowest BCUT2D eigenvalue weighted by Crippen LogP contribution is -2.26. The number of nitriles is 1. The molecule has 1 N–H and O–H groups in total. The Hall–Kier alpha value is -3.14. The van der Waals surface area contributed by atoms with E-state index >= 15 is 0 Å². The van der Waals surface area contributed by atoms with Crippen LogP contribution in [0.1, 0.15) is 43.0 Å². The Balaban J connectivity index is 1.58. The molecule has 2 aromatic carbocycles. The van der Waals surface area contributed by atoms with Crippen molar-refractivity contribution >= 4 is 11.3 Å². The van der Waals surface area contributed by atoms with Crippen molar-refractivity contribution in [3.8, 4) is 32.8 Å². The lowest BCUT2D eigenvalue weighted by atomic mass is 10.0. The maximum atomic E-state index is 9.56. The summed E-state index contributed by atoms with van der Waals surface area (Å²) < 4.78 is 5.76. The normalized spacial score (nSPS) is 14.7. The molecule has 4 rings (SSSR count). The zero-order chi connectivity index (χ0) is 23.5. The molecule has 0 fully saturated rings. The molecule has 0 spiro atoms. The van der Waals surface area contributed by atoms with E-state index in [-0.39, 0.29) is 6.10 Å². The summed E-state index contributed by atoms with van der Waals surface area (Å²) >= 11 is 1.66. The van der Waals surface area contributed by atoms with Crippen LogP contribution in [-0.2, 0) is 6.42 Å². The molecule has 3 aromatic rings. The Kier molecular flexibility index (Phi) is 6.83. The van der Waals surface area contributed by atoms with E-state index in [1.54, 1.807) is 11.3 Å². The first-order valence-electron chi connectivity index (χ1n) is 11.2. The van der Waals surface area contributed by atoms with Gasteiger partial charge >= 0.3 is 0 Å². The number of benzene rings is 2. The van der Waals surface area contributed by atoms with Gasteiger partial charge in [-0.1, -0.05) is 24.8 Å². The van der Waals surface area contributed by atoms with Gasteiger partial charge in [0.25, 0.3) is 0 Å². The highest BCUT2D eigenvalue weighted by Crippen LogP contribution is 2.41. The van der Waals surface area contributed by atoms with E-state index in [2.05, 4.69) is 46.0 Å². The second-order valence-corrected chi connectivity index (χ2v) is 9.86. The number of nitrogens with one attached hydrogen (secondary N) is 1. The van der Waals surface area contributed by atoms with Gasteiger partial charge in [0.2, 0.25) is 0 Å². The van der Waals surface area contributed by atoms with Gasteiger partial charge in [-0.15, -0.1) is 11.3 Å². The Bertz CT molecular complexity index is 1210. The number of ether oxygens (including phenoxy) is 1. The SMILES string of the molecule is C=C(CN[C@H]1CCc2c(-c3cnc(-c4ccc(OC(C)C)c(C#N)c4)s3)cccc21)N(C)C. The van der Waals surface area contributed by atoms with Gasteiger partial charge in [0.05, 0.1) is 16.5 Å². The maximum absolute atomic E-state index is 9.56. The number of aromatic nitrogens is 1. The van der Waals surface area contributed by atoms with E-state index in [1.165, 1.54) is 16.7 Å². The molecule has 1 atom stereocenters. The molecule has 0 saturated carbocycles. The molecule has 33 heavy (non-hydrogen) atoms. The Morgan fingerprint density at radius 2 is 2.15 bits per heavy atom. The number of hydrogen-bond acceptors (Lipinski definition) is 6. The largest absolute Gasteiger partial charge is 0.490 e. The molecule has 1 heterocycles. The first kappa shape index (κ1) is 23.0. The second kappa shape index (κ2) is 9.78. The van der Waals surface area contributed by atoms with Crippen LogP contribution in [-0.4, -0.2) is 36.6 Å². The van der Waals surface area contributed by atoms with Crippen LogP contribution >= 0.6 is 11.3 Å². The summed E-state index contributed by atoms with van der Waals surface area (Å²) in [5.41, 5.74) is 6.58. The fourth-order valence-corrected chi connectivity index (χ4v) is 5.10. The Morgan fingerprint density at radius 3 is 2.88 bits per heavy atom. The van der Waals surface area contributed by atoms with Crippen molar-refractivity contribution in [3.63, 3.8) is 0 Å². The van der Waals surface area contributed by atoms with Crippen LogP contribution in [0.15, 0.2) is 54.9 Å². The number of nitrogens with zero attached hydrogens (tertiary/aromatic N) is 3. The van der Waals surface area contributed by atoms with Crippen LogP contribution in [0.25, 0.3) is 21.0 Å². The van der Waals surface area contributed by atoms with Crippen molar-refractivity contribution in [2.75, 3.05) is 20.6 Å². The summed E-state index contributed by atoms with van der Waals surface area (Å²) in [5.74, 6) is 0.615. The molecule has 0 bridgehead atoms. The van der Waals surface area contributed by atoms with Crippen molar-refractivity contribution in [2.45, 2.75) is 38.8 Å². The third-order valence-corrected chi connectivity index (χ3v) is 7.02. The van der Waals surface area contributed by atoms with Gasteiger partial charge in [-0.25, -0.2) is 4.98 Å². The molecule has 0 radical (unpaired) electrons. The molecule has 170 valence electrons. The molecular weight excluding hydrogens is 428 g/mol. The van der Waals surface area contributed by atoms with E-state index in [1.807, 2.05) is 52.3 Å². The topological polar surface area (TPSA) is 61.2 Å². The van der Waals surface area contributed by atoms with Crippen LogP contribution in [0.2, 0.25) is 0 Å². The minimum Gasteiger partial charge on any atom is -0.490 e. The van der Waals surface area contributed by atoms with Crippen LogP contribution < -0.4 is 10.1 Å². The lowest BCUT2D eigenvalue weighted by molar-refractivity contribution is 0.242. The van der Waals surface area contributed by atoms with Crippen LogP contribution in [0, 0.1) is 11.3 Å². The van der Waals surface area contributed by atoms with Gasteiger partial charge in [-0.05, 0) is 61.6 Å². The molecule has 5 nitrogen and oxygen atoms in total. The first-order chi connectivity index (χ1) is 15.9. The number of rotatable bonds is 8. The lowest BCUT2D eigenvalue weighted by Gasteiger charge is -2.20. The van der Waals surface area contributed by atoms with E-state index in [9.17, 15) is 5.26 Å². The highest BCUT2D eigenvalue weighted by Gasteiger charge is 2.25. The fourth-order valence-electron chi connectivity index (χ4n) is 4.14. The molecule has 6 heteroatoms. The van der Waals surface area contributed by atoms with E-state index in [4.69, 9.17) is 4.74 Å². The van der Waals surface area contributed by atoms with Crippen molar-refractivity contribution in [1.29, 1.82) is 5.26 Å². The first-order valence-corrected chi connectivity index (χ1v) is 12.1. The van der Waals surface area contributed by atoms with Crippen molar-refractivity contribution in [2.24, 2.45) is 0 Å². The Labute approximate surface area is 200 Å². The Morgan fingerprint density at radius 1 is 1.33 bits per heavy atom. The van der Waals surface area contributed by atoms with Gasteiger partial charge in [0.15, 0.2) is 0 Å². The third kappa shape index (κ3) is 4.95. The molecule has 0 saturated heterocycles. The van der Waals surface area contributed by atoms with E-state index < -0.39 is 0 Å². The predicted molar refractivity (Wildman–Crippen MR) is 135 cm³/mol. The molecular formula is C27H30N4OS. The summed E-state index contributed by atoms with van der Waals surface area (Å²) in [7, 11) is 4.05. The highest BCUT2D eigenvalue weighted by molar-refractivity contribution is 7.18. The van der Waals surface area contributed by atoms with Gasteiger partial charge < -0.3 is 15.0 Å². The minimum absolute atomic E-state index is 0.0221. The average molecular weight is 459 g/mol.